The van der Waals surface area contributed by atoms with E-state index in [1.165, 1.54) is 23.9 Å². The monoisotopic (exact) mass is 381 g/mol. The van der Waals surface area contributed by atoms with E-state index in [1.54, 1.807) is 13.0 Å². The van der Waals surface area contributed by atoms with Gasteiger partial charge in [-0.3, -0.25) is 4.79 Å². The molecule has 0 aliphatic rings. The second kappa shape index (κ2) is 7.88. The number of anilines is 2. The van der Waals surface area contributed by atoms with Gasteiger partial charge in [0, 0.05) is 11.3 Å². The first kappa shape index (κ1) is 19.0. The molecule has 4 nitrogen and oxygen atoms in total. The van der Waals surface area contributed by atoms with Crippen LogP contribution in [-0.4, -0.2) is 22.5 Å². The van der Waals surface area contributed by atoms with Crippen molar-refractivity contribution in [2.45, 2.75) is 25.9 Å². The number of para-hydroxylation sites is 1. The molecule has 0 spiro atoms. The van der Waals surface area contributed by atoms with Crippen LogP contribution in [0.1, 0.15) is 27.0 Å². The van der Waals surface area contributed by atoms with Crippen LogP contribution in [0.5, 0.6) is 0 Å². The molecule has 3 rings (SSSR count). The van der Waals surface area contributed by atoms with E-state index in [-0.39, 0.29) is 5.82 Å². The number of hydrogen-bond acceptors (Lipinski definition) is 5. The molecule has 27 heavy (non-hydrogen) atoms. The zero-order valence-corrected chi connectivity index (χ0v) is 16.4. The van der Waals surface area contributed by atoms with E-state index in [0.29, 0.717) is 33.4 Å². The summed E-state index contributed by atoms with van der Waals surface area (Å²) >= 11 is 1.39. The summed E-state index contributed by atoms with van der Waals surface area (Å²) in [6.45, 7) is 5.79. The highest BCUT2D eigenvalue weighted by molar-refractivity contribution is 7.98. The van der Waals surface area contributed by atoms with Gasteiger partial charge in [-0.1, -0.05) is 30.0 Å². The van der Waals surface area contributed by atoms with E-state index in [0.717, 1.165) is 23.1 Å². The van der Waals surface area contributed by atoms with Crippen LogP contribution in [0, 0.1) is 26.6 Å². The molecule has 0 saturated carbocycles. The Kier molecular flexibility index (Phi) is 5.56. The van der Waals surface area contributed by atoms with Crippen LogP contribution >= 0.6 is 11.8 Å². The maximum absolute atomic E-state index is 13.5. The molecule has 6 heteroatoms. The number of aryl methyl sites for hydroxylation is 3. The van der Waals surface area contributed by atoms with Crippen molar-refractivity contribution in [3.8, 4) is 11.3 Å². The summed E-state index contributed by atoms with van der Waals surface area (Å²) in [7, 11) is 0. The Morgan fingerprint density at radius 2 is 1.74 bits per heavy atom. The average Bonchev–Trinajstić information content (AvgIpc) is 2.64. The number of aldehydes is 1. The molecule has 1 N–H and O–H groups in total. The predicted octanol–water partition coefficient (Wildman–Crippen LogP) is 5.49. The molecule has 0 radical (unpaired) electrons. The van der Waals surface area contributed by atoms with E-state index in [4.69, 9.17) is 0 Å². The fraction of sp³-hybridized carbons (Fsp3) is 0.190. The van der Waals surface area contributed by atoms with Crippen LogP contribution in [0.2, 0.25) is 0 Å². The zero-order valence-electron chi connectivity index (χ0n) is 15.6. The number of hydrogen-bond donors (Lipinski definition) is 1. The fourth-order valence-corrected chi connectivity index (χ4v) is 3.34. The van der Waals surface area contributed by atoms with Crippen molar-refractivity contribution in [2.24, 2.45) is 0 Å². The number of carbonyl (C=O) groups is 1. The topological polar surface area (TPSA) is 54.9 Å². The van der Waals surface area contributed by atoms with E-state index in [1.807, 2.05) is 38.3 Å². The molecule has 0 aliphatic heterocycles. The fourth-order valence-electron chi connectivity index (χ4n) is 2.98. The zero-order chi connectivity index (χ0) is 19.6. The van der Waals surface area contributed by atoms with Crippen molar-refractivity contribution in [1.82, 2.24) is 9.97 Å². The molecule has 0 aliphatic carbocycles. The first-order valence-electron chi connectivity index (χ1n) is 8.45. The molecule has 0 unspecified atom stereocenters. The summed E-state index contributed by atoms with van der Waals surface area (Å²) < 4.78 is 13.5. The number of halogens is 1. The Morgan fingerprint density at radius 3 is 2.33 bits per heavy atom. The number of benzene rings is 2. The van der Waals surface area contributed by atoms with Crippen molar-refractivity contribution >= 4 is 29.6 Å². The lowest BCUT2D eigenvalue weighted by Crippen LogP contribution is -2.07. The molecule has 0 atom stereocenters. The van der Waals surface area contributed by atoms with E-state index in [2.05, 4.69) is 15.3 Å². The number of nitrogens with zero attached hydrogens (tertiary/aromatic N) is 2. The summed E-state index contributed by atoms with van der Waals surface area (Å²) in [6, 6.07) is 10.4. The first-order valence-corrected chi connectivity index (χ1v) is 9.68. The van der Waals surface area contributed by atoms with Crippen LogP contribution in [0.15, 0.2) is 41.6 Å². The molecular formula is C21H20FN3OS. The minimum atomic E-state index is -0.322. The summed E-state index contributed by atoms with van der Waals surface area (Å²) in [5.74, 6) is 0.123. The Morgan fingerprint density at radius 1 is 1.04 bits per heavy atom. The maximum atomic E-state index is 13.5. The largest absolute Gasteiger partial charge is 0.339 e. The van der Waals surface area contributed by atoms with Crippen molar-refractivity contribution in [3.63, 3.8) is 0 Å². The highest BCUT2D eigenvalue weighted by Crippen LogP contribution is 2.33. The van der Waals surface area contributed by atoms with Gasteiger partial charge in [0.2, 0.25) is 0 Å². The normalized spacial score (nSPS) is 10.7. The Bertz CT molecular complexity index is 1000. The van der Waals surface area contributed by atoms with Gasteiger partial charge in [-0.05, 0) is 61.9 Å². The predicted molar refractivity (Wildman–Crippen MR) is 109 cm³/mol. The molecule has 3 aromatic rings. The van der Waals surface area contributed by atoms with Gasteiger partial charge in [-0.15, -0.1) is 0 Å². The third kappa shape index (κ3) is 3.85. The number of rotatable bonds is 5. The van der Waals surface area contributed by atoms with Crippen LogP contribution in [0.4, 0.5) is 15.9 Å². The quantitative estimate of drug-likeness (QED) is 0.360. The maximum Gasteiger partial charge on any atom is 0.189 e. The number of thioether (sulfide) groups is 1. The lowest BCUT2D eigenvalue weighted by Gasteiger charge is -2.16. The molecule has 2 aromatic carbocycles. The van der Waals surface area contributed by atoms with E-state index < -0.39 is 0 Å². The summed E-state index contributed by atoms with van der Waals surface area (Å²) in [5.41, 5.74) is 5.28. The van der Waals surface area contributed by atoms with Crippen LogP contribution in [0.25, 0.3) is 11.3 Å². The van der Waals surface area contributed by atoms with Crippen LogP contribution < -0.4 is 5.32 Å². The lowest BCUT2D eigenvalue weighted by molar-refractivity contribution is 0.112. The van der Waals surface area contributed by atoms with Crippen LogP contribution in [-0.2, 0) is 0 Å². The van der Waals surface area contributed by atoms with Crippen molar-refractivity contribution < 1.29 is 9.18 Å². The van der Waals surface area contributed by atoms with Gasteiger partial charge in [0.1, 0.15) is 11.6 Å². The lowest BCUT2D eigenvalue weighted by atomic mass is 10.0. The van der Waals surface area contributed by atoms with Crippen molar-refractivity contribution in [2.75, 3.05) is 11.6 Å². The Hall–Kier alpha value is -2.73. The molecule has 1 heterocycles. The summed E-state index contributed by atoms with van der Waals surface area (Å²) in [5, 5.41) is 3.84. The Balaban J connectivity index is 2.21. The number of aromatic nitrogens is 2. The smallest absolute Gasteiger partial charge is 0.189 e. The van der Waals surface area contributed by atoms with E-state index >= 15 is 0 Å². The van der Waals surface area contributed by atoms with Gasteiger partial charge in [-0.2, -0.15) is 0 Å². The summed E-state index contributed by atoms with van der Waals surface area (Å²) in [6.07, 6.45) is 2.62. The van der Waals surface area contributed by atoms with Crippen molar-refractivity contribution in [1.29, 1.82) is 0 Å². The minimum Gasteiger partial charge on any atom is -0.339 e. The molecule has 0 fully saturated rings. The van der Waals surface area contributed by atoms with Crippen molar-refractivity contribution in [3.05, 3.63) is 64.5 Å². The molecular weight excluding hydrogens is 361 g/mol. The highest BCUT2D eigenvalue weighted by Gasteiger charge is 2.18. The number of carbonyl (C=O) groups excluding carboxylic acids is 1. The molecule has 1 aromatic heterocycles. The standard InChI is InChI=1S/C21H20FN3OS/c1-12-6-5-7-13(2)18(12)23-20-17(11-26)19(24-21(25-20)27-4)16-9-8-15(22)10-14(16)3/h5-11H,1-4H3,(H,23,24,25). The summed E-state index contributed by atoms with van der Waals surface area (Å²) in [4.78, 5) is 21.0. The first-order chi connectivity index (χ1) is 12.9. The molecule has 0 amide bonds. The van der Waals surface area contributed by atoms with Gasteiger partial charge < -0.3 is 5.32 Å². The minimum absolute atomic E-state index is 0.322. The highest BCUT2D eigenvalue weighted by atomic mass is 32.2. The van der Waals surface area contributed by atoms with E-state index in [9.17, 15) is 9.18 Å². The second-order valence-electron chi connectivity index (χ2n) is 6.29. The molecule has 138 valence electrons. The van der Waals surface area contributed by atoms with Gasteiger partial charge in [0.05, 0.1) is 11.3 Å². The van der Waals surface area contributed by atoms with Gasteiger partial charge in [0.15, 0.2) is 11.4 Å². The van der Waals surface area contributed by atoms with Gasteiger partial charge in [-0.25, -0.2) is 14.4 Å². The Labute approximate surface area is 162 Å². The third-order valence-electron chi connectivity index (χ3n) is 4.39. The SMILES string of the molecule is CSc1nc(Nc2c(C)cccc2C)c(C=O)c(-c2ccc(F)cc2C)n1. The average molecular weight is 381 g/mol. The molecule has 0 bridgehead atoms. The number of nitrogens with one attached hydrogen (secondary N) is 1. The third-order valence-corrected chi connectivity index (χ3v) is 4.94. The second-order valence-corrected chi connectivity index (χ2v) is 7.06. The van der Waals surface area contributed by atoms with Gasteiger partial charge >= 0.3 is 0 Å². The molecule has 0 saturated heterocycles. The van der Waals surface area contributed by atoms with Gasteiger partial charge in [0.25, 0.3) is 0 Å². The van der Waals surface area contributed by atoms with Crippen LogP contribution in [0.3, 0.4) is 0 Å².